The summed E-state index contributed by atoms with van der Waals surface area (Å²) in [4.78, 5) is 10.2. The topological polar surface area (TPSA) is 72.6 Å². The number of nitro benzene ring substituents is 1. The van der Waals surface area contributed by atoms with Gasteiger partial charge in [-0.15, -0.1) is 0 Å². The minimum Gasteiger partial charge on any atom is -0.490 e. The zero-order chi connectivity index (χ0) is 13.7. The molecular formula is C14H19NO4. The second-order valence-corrected chi connectivity index (χ2v) is 4.94. The third-order valence-corrected chi connectivity index (χ3v) is 3.52. The SMILES string of the molecule is O=[N+]([O-])c1ccc(OC2CCCCCC2)c(CO)c1. The second kappa shape index (κ2) is 6.52. The van der Waals surface area contributed by atoms with Gasteiger partial charge < -0.3 is 9.84 Å². The standard InChI is InChI=1S/C14H19NO4/c16-10-11-9-12(15(17)18)7-8-14(11)19-13-5-3-1-2-4-6-13/h7-9,13,16H,1-6,10H2. The Hall–Kier alpha value is -1.62. The molecule has 0 amide bonds. The molecule has 0 saturated heterocycles. The number of hydrogen-bond acceptors (Lipinski definition) is 4. The van der Waals surface area contributed by atoms with Crippen LogP contribution in [0.15, 0.2) is 18.2 Å². The summed E-state index contributed by atoms with van der Waals surface area (Å²) < 4.78 is 5.91. The quantitative estimate of drug-likeness (QED) is 0.515. The Morgan fingerprint density at radius 3 is 2.53 bits per heavy atom. The number of aliphatic hydroxyl groups excluding tert-OH is 1. The Bertz CT molecular complexity index is 439. The molecule has 0 unspecified atom stereocenters. The fourth-order valence-electron chi connectivity index (χ4n) is 2.46. The van der Waals surface area contributed by atoms with Crippen molar-refractivity contribution >= 4 is 5.69 Å². The highest BCUT2D eigenvalue weighted by atomic mass is 16.6. The van der Waals surface area contributed by atoms with Crippen LogP contribution in [0.4, 0.5) is 5.69 Å². The number of aliphatic hydroxyl groups is 1. The lowest BCUT2D eigenvalue weighted by molar-refractivity contribution is -0.385. The number of ether oxygens (including phenoxy) is 1. The molecule has 1 N–H and O–H groups in total. The molecule has 0 heterocycles. The Morgan fingerprint density at radius 1 is 1.26 bits per heavy atom. The molecule has 0 aliphatic heterocycles. The van der Waals surface area contributed by atoms with Gasteiger partial charge in [0, 0.05) is 17.7 Å². The maximum absolute atomic E-state index is 10.7. The van der Waals surface area contributed by atoms with Crippen molar-refractivity contribution in [1.82, 2.24) is 0 Å². The van der Waals surface area contributed by atoms with E-state index in [9.17, 15) is 15.2 Å². The smallest absolute Gasteiger partial charge is 0.270 e. The van der Waals surface area contributed by atoms with Gasteiger partial charge in [-0.25, -0.2) is 0 Å². The molecule has 1 aliphatic rings. The van der Waals surface area contributed by atoms with Gasteiger partial charge in [0.2, 0.25) is 0 Å². The van der Waals surface area contributed by atoms with Crippen LogP contribution in [0.25, 0.3) is 0 Å². The number of non-ortho nitro benzene ring substituents is 1. The Balaban J connectivity index is 2.12. The normalized spacial score (nSPS) is 16.9. The van der Waals surface area contributed by atoms with Gasteiger partial charge in [0.15, 0.2) is 0 Å². The minimum absolute atomic E-state index is 0.0164. The Morgan fingerprint density at radius 2 is 1.95 bits per heavy atom. The van der Waals surface area contributed by atoms with Crippen LogP contribution in [0.3, 0.4) is 0 Å². The largest absolute Gasteiger partial charge is 0.490 e. The van der Waals surface area contributed by atoms with E-state index in [4.69, 9.17) is 4.74 Å². The van der Waals surface area contributed by atoms with E-state index in [0.29, 0.717) is 11.3 Å². The predicted octanol–water partition coefficient (Wildman–Crippen LogP) is 3.19. The molecule has 1 aromatic rings. The first-order valence-electron chi connectivity index (χ1n) is 6.75. The summed E-state index contributed by atoms with van der Waals surface area (Å²) in [6.07, 6.45) is 7.00. The lowest BCUT2D eigenvalue weighted by Gasteiger charge is -2.18. The van der Waals surface area contributed by atoms with Gasteiger partial charge in [-0.3, -0.25) is 10.1 Å². The van der Waals surface area contributed by atoms with Crippen LogP contribution in [-0.2, 0) is 6.61 Å². The van der Waals surface area contributed by atoms with E-state index in [2.05, 4.69) is 0 Å². The fourth-order valence-corrected chi connectivity index (χ4v) is 2.46. The van der Waals surface area contributed by atoms with Gasteiger partial charge >= 0.3 is 0 Å². The number of nitro groups is 1. The van der Waals surface area contributed by atoms with E-state index in [1.807, 2.05) is 0 Å². The molecule has 19 heavy (non-hydrogen) atoms. The van der Waals surface area contributed by atoms with Crippen LogP contribution < -0.4 is 4.74 Å². The molecule has 5 nitrogen and oxygen atoms in total. The molecular weight excluding hydrogens is 246 g/mol. The lowest BCUT2D eigenvalue weighted by Crippen LogP contribution is -2.16. The van der Waals surface area contributed by atoms with Crippen molar-refractivity contribution < 1.29 is 14.8 Å². The number of rotatable bonds is 4. The molecule has 1 aliphatic carbocycles. The zero-order valence-corrected chi connectivity index (χ0v) is 10.9. The zero-order valence-electron chi connectivity index (χ0n) is 10.9. The van der Waals surface area contributed by atoms with Crippen LogP contribution in [-0.4, -0.2) is 16.1 Å². The van der Waals surface area contributed by atoms with E-state index in [0.717, 1.165) is 25.7 Å². The average molecular weight is 265 g/mol. The highest BCUT2D eigenvalue weighted by molar-refractivity contribution is 5.43. The maximum atomic E-state index is 10.7. The van der Waals surface area contributed by atoms with Crippen molar-refractivity contribution in [3.63, 3.8) is 0 Å². The van der Waals surface area contributed by atoms with Crippen LogP contribution >= 0.6 is 0 Å². The van der Waals surface area contributed by atoms with Crippen LogP contribution in [0.2, 0.25) is 0 Å². The summed E-state index contributed by atoms with van der Waals surface area (Å²) in [5, 5.41) is 20.0. The molecule has 0 spiro atoms. The minimum atomic E-state index is -0.464. The summed E-state index contributed by atoms with van der Waals surface area (Å²) in [6.45, 7) is -0.246. The van der Waals surface area contributed by atoms with Gasteiger partial charge in [-0.1, -0.05) is 12.8 Å². The van der Waals surface area contributed by atoms with Gasteiger partial charge in [0.25, 0.3) is 5.69 Å². The first-order valence-corrected chi connectivity index (χ1v) is 6.75. The van der Waals surface area contributed by atoms with Crippen molar-refractivity contribution in [3.05, 3.63) is 33.9 Å². The van der Waals surface area contributed by atoms with Crippen molar-refractivity contribution in [3.8, 4) is 5.75 Å². The molecule has 0 bridgehead atoms. The summed E-state index contributed by atoms with van der Waals surface area (Å²) in [6, 6.07) is 4.39. The number of hydrogen-bond donors (Lipinski definition) is 1. The van der Waals surface area contributed by atoms with Crippen molar-refractivity contribution in [2.45, 2.75) is 51.2 Å². The second-order valence-electron chi connectivity index (χ2n) is 4.94. The van der Waals surface area contributed by atoms with Gasteiger partial charge in [-0.2, -0.15) is 0 Å². The predicted molar refractivity (Wildman–Crippen MR) is 71.1 cm³/mol. The average Bonchev–Trinajstić information content (AvgIpc) is 2.67. The van der Waals surface area contributed by atoms with Crippen molar-refractivity contribution in [1.29, 1.82) is 0 Å². The number of nitrogens with zero attached hydrogens (tertiary/aromatic N) is 1. The van der Waals surface area contributed by atoms with E-state index < -0.39 is 4.92 Å². The van der Waals surface area contributed by atoms with Gasteiger partial charge in [0.05, 0.1) is 17.6 Å². The van der Waals surface area contributed by atoms with E-state index in [-0.39, 0.29) is 18.4 Å². The molecule has 0 atom stereocenters. The number of benzene rings is 1. The van der Waals surface area contributed by atoms with Gasteiger partial charge in [-0.05, 0) is 31.7 Å². The first kappa shape index (κ1) is 13.8. The van der Waals surface area contributed by atoms with E-state index in [1.165, 1.54) is 25.0 Å². The summed E-state index contributed by atoms with van der Waals surface area (Å²) in [5.74, 6) is 0.569. The monoisotopic (exact) mass is 265 g/mol. The lowest BCUT2D eigenvalue weighted by atomic mass is 10.1. The van der Waals surface area contributed by atoms with Crippen molar-refractivity contribution in [2.75, 3.05) is 0 Å². The third-order valence-electron chi connectivity index (χ3n) is 3.52. The summed E-state index contributed by atoms with van der Waals surface area (Å²) in [7, 11) is 0. The third kappa shape index (κ3) is 3.67. The van der Waals surface area contributed by atoms with Crippen molar-refractivity contribution in [2.24, 2.45) is 0 Å². The summed E-state index contributed by atoms with van der Waals surface area (Å²) >= 11 is 0. The molecule has 1 saturated carbocycles. The molecule has 0 radical (unpaired) electrons. The molecule has 1 fully saturated rings. The van der Waals surface area contributed by atoms with Gasteiger partial charge in [0.1, 0.15) is 5.75 Å². The van der Waals surface area contributed by atoms with Crippen LogP contribution in [0, 0.1) is 10.1 Å². The maximum Gasteiger partial charge on any atom is 0.270 e. The molecule has 5 heteroatoms. The highest BCUT2D eigenvalue weighted by Crippen LogP contribution is 2.28. The Kier molecular flexibility index (Phi) is 4.74. The first-order chi connectivity index (χ1) is 9.20. The van der Waals surface area contributed by atoms with Crippen LogP contribution in [0.5, 0.6) is 5.75 Å². The Labute approximate surface area is 112 Å². The van der Waals surface area contributed by atoms with Crippen LogP contribution in [0.1, 0.15) is 44.1 Å². The summed E-state index contributed by atoms with van der Waals surface area (Å²) in [5.41, 5.74) is 0.468. The molecule has 2 rings (SSSR count). The molecule has 104 valence electrons. The molecule has 1 aromatic carbocycles. The molecule has 0 aromatic heterocycles. The van der Waals surface area contributed by atoms with E-state index in [1.54, 1.807) is 6.07 Å². The van der Waals surface area contributed by atoms with E-state index >= 15 is 0 Å². The highest BCUT2D eigenvalue weighted by Gasteiger charge is 2.17. The fraction of sp³-hybridized carbons (Fsp3) is 0.571.